The lowest BCUT2D eigenvalue weighted by Crippen LogP contribution is -2.16. The maximum absolute atomic E-state index is 5.36. The molecule has 0 N–H and O–H groups in total. The number of fused-ring (bicyclic) bond motifs is 8. The molecule has 2 atom stereocenters. The predicted molar refractivity (Wildman–Crippen MR) is 311 cm³/mol. The van der Waals surface area contributed by atoms with E-state index in [1.54, 1.807) is 0 Å². The number of benzene rings is 7. The summed E-state index contributed by atoms with van der Waals surface area (Å²) in [5.74, 6) is 3.58. The SMILES string of the molecule is C#CC/C=C\C(=C/C)C/C=C(\N=C(c1ccc(C)cc1)[C@H](C)CC)c1ccccc1.CC[C@@H](C)c1ccccc1-c1cc2c(cc1C)-c1c3c(c4ccccc4c1C2(C)C)CCC=C3.Cc1ccccc1. The van der Waals surface area contributed by atoms with Crippen LogP contribution in [0.2, 0.25) is 0 Å². The first kappa shape index (κ1) is 51.8. The molecule has 0 bridgehead atoms. The van der Waals surface area contributed by atoms with Gasteiger partial charge in [-0.2, -0.15) is 0 Å². The number of aryl methyl sites for hydroxylation is 4. The van der Waals surface area contributed by atoms with Crippen molar-refractivity contribution >= 4 is 28.3 Å². The Morgan fingerprint density at radius 2 is 1.37 bits per heavy atom. The molecule has 2 aliphatic rings. The van der Waals surface area contributed by atoms with E-state index in [4.69, 9.17) is 11.4 Å². The van der Waals surface area contributed by atoms with Gasteiger partial charge in [0.2, 0.25) is 0 Å². The van der Waals surface area contributed by atoms with E-state index in [-0.39, 0.29) is 5.41 Å². The van der Waals surface area contributed by atoms with Crippen molar-refractivity contribution in [1.29, 1.82) is 0 Å². The Labute approximate surface area is 427 Å². The molecule has 0 spiro atoms. The summed E-state index contributed by atoms with van der Waals surface area (Å²) in [6.07, 6.45) is 24.6. The van der Waals surface area contributed by atoms with E-state index >= 15 is 0 Å². The van der Waals surface area contributed by atoms with Crippen LogP contribution in [-0.4, -0.2) is 5.71 Å². The topological polar surface area (TPSA) is 12.4 Å². The van der Waals surface area contributed by atoms with Crippen LogP contribution < -0.4 is 0 Å². The number of allylic oxidation sites excluding steroid dienone is 6. The molecular formula is C70H75N. The molecule has 1 heteroatoms. The van der Waals surface area contributed by atoms with Crippen LogP contribution in [0.1, 0.15) is 142 Å². The largest absolute Gasteiger partial charge is 0.252 e. The van der Waals surface area contributed by atoms with Crippen LogP contribution in [0.25, 0.3) is 44.8 Å². The molecule has 1 nitrogen and oxygen atoms in total. The summed E-state index contributed by atoms with van der Waals surface area (Å²) in [6.45, 7) is 22.5. The van der Waals surface area contributed by atoms with E-state index in [0.717, 1.165) is 49.1 Å². The molecule has 7 aromatic rings. The van der Waals surface area contributed by atoms with Gasteiger partial charge in [-0.15, -0.1) is 12.3 Å². The van der Waals surface area contributed by atoms with Crippen LogP contribution in [0.3, 0.4) is 0 Å². The first-order valence-corrected chi connectivity index (χ1v) is 26.1. The molecule has 0 aromatic heterocycles. The van der Waals surface area contributed by atoms with Crippen LogP contribution >= 0.6 is 0 Å². The van der Waals surface area contributed by atoms with E-state index in [1.165, 1.54) is 88.7 Å². The minimum Gasteiger partial charge on any atom is -0.252 e. The van der Waals surface area contributed by atoms with Crippen molar-refractivity contribution in [3.63, 3.8) is 0 Å². The van der Waals surface area contributed by atoms with Crippen molar-refractivity contribution < 1.29 is 0 Å². The molecule has 0 aliphatic heterocycles. The van der Waals surface area contributed by atoms with Gasteiger partial charge in [0.15, 0.2) is 0 Å². The lowest BCUT2D eigenvalue weighted by molar-refractivity contribution is 0.666. The molecule has 0 fully saturated rings. The van der Waals surface area contributed by atoms with E-state index < -0.39 is 0 Å². The fourth-order valence-electron chi connectivity index (χ4n) is 10.2. The maximum atomic E-state index is 5.36. The normalized spacial score (nSPS) is 14.6. The Kier molecular flexibility index (Phi) is 17.7. The Bertz CT molecular complexity index is 3120. The Morgan fingerprint density at radius 1 is 0.718 bits per heavy atom. The number of aliphatic imine (C=N–C) groups is 1. The summed E-state index contributed by atoms with van der Waals surface area (Å²) in [4.78, 5) is 5.21. The third-order valence-corrected chi connectivity index (χ3v) is 14.7. The highest BCUT2D eigenvalue weighted by atomic mass is 14.8. The first-order chi connectivity index (χ1) is 34.4. The van der Waals surface area contributed by atoms with Gasteiger partial charge in [0, 0.05) is 11.8 Å². The number of hydrogen-bond donors (Lipinski definition) is 0. The van der Waals surface area contributed by atoms with Gasteiger partial charge < -0.3 is 0 Å². The molecule has 7 aromatic carbocycles. The summed E-state index contributed by atoms with van der Waals surface area (Å²) >= 11 is 0. The molecule has 0 saturated carbocycles. The van der Waals surface area contributed by atoms with Crippen LogP contribution in [0.15, 0.2) is 187 Å². The molecule has 0 heterocycles. The van der Waals surface area contributed by atoms with E-state index in [9.17, 15) is 0 Å². The van der Waals surface area contributed by atoms with Crippen molar-refractivity contribution in [3.8, 4) is 34.6 Å². The highest BCUT2D eigenvalue weighted by Crippen LogP contribution is 2.56. The second-order valence-corrected chi connectivity index (χ2v) is 20.0. The Balaban J connectivity index is 0.000000185. The van der Waals surface area contributed by atoms with Crippen molar-refractivity contribution in [2.75, 3.05) is 0 Å². The van der Waals surface area contributed by atoms with E-state index in [1.807, 2.05) is 30.3 Å². The van der Waals surface area contributed by atoms with Crippen molar-refractivity contribution in [2.24, 2.45) is 10.9 Å². The molecule has 0 saturated heterocycles. The van der Waals surface area contributed by atoms with Gasteiger partial charge in [0.25, 0.3) is 0 Å². The smallest absolute Gasteiger partial charge is 0.0669 e. The molecular weight excluding hydrogens is 855 g/mol. The summed E-state index contributed by atoms with van der Waals surface area (Å²) in [5, 5.41) is 2.88. The molecule has 2 aliphatic carbocycles. The van der Waals surface area contributed by atoms with Gasteiger partial charge in [-0.1, -0.05) is 229 Å². The fourth-order valence-corrected chi connectivity index (χ4v) is 10.2. The standard InChI is InChI=1S/C34H34.C29H33N.C7H8/c1-6-21(2)23-13-7-8-14-24(23)29-20-31-30(19-22(29)3)32-27-17-11-9-15-25(27)26-16-10-12-18-28(26)33(32)34(31,4)5;1-6-9-11-14-25(8-3)19-22-28(26-15-12-10-13-16-26)30-29(24(5)7-2)27-20-17-23(4)18-21-27;1-7-5-3-2-4-6-7/h7-8,10-14,16-21H,6,9,15H2,1-5H3;1,8,10-18,20-22,24H,7,9,19H2,2-5H3;2-6H,1H3/b;14-11-,25-8+,28-22-,30-29?;/t21-;24-;/m11./s1. The van der Waals surface area contributed by atoms with Gasteiger partial charge in [-0.3, -0.25) is 4.99 Å². The molecule has 360 valence electrons. The predicted octanol–water partition coefficient (Wildman–Crippen LogP) is 19.4. The Morgan fingerprint density at radius 3 is 2.01 bits per heavy atom. The summed E-state index contributed by atoms with van der Waals surface area (Å²) < 4.78 is 0. The zero-order chi connectivity index (χ0) is 50.5. The van der Waals surface area contributed by atoms with Crippen LogP contribution in [0.4, 0.5) is 0 Å². The second kappa shape index (κ2) is 24.2. The highest BCUT2D eigenvalue weighted by Gasteiger charge is 2.40. The molecule has 0 radical (unpaired) electrons. The van der Waals surface area contributed by atoms with E-state index in [0.29, 0.717) is 18.3 Å². The zero-order valence-corrected chi connectivity index (χ0v) is 44.2. The van der Waals surface area contributed by atoms with Gasteiger partial charge in [0.1, 0.15) is 0 Å². The van der Waals surface area contributed by atoms with Gasteiger partial charge in [-0.25, -0.2) is 0 Å². The second-order valence-electron chi connectivity index (χ2n) is 20.0. The Hall–Kier alpha value is -7.01. The molecule has 71 heavy (non-hydrogen) atoms. The van der Waals surface area contributed by atoms with E-state index in [2.05, 4.69) is 227 Å². The van der Waals surface area contributed by atoms with Gasteiger partial charge in [-0.05, 0) is 161 Å². The molecule has 9 rings (SSSR count). The molecule has 0 unspecified atom stereocenters. The quantitative estimate of drug-likeness (QED) is 0.0658. The monoisotopic (exact) mass is 930 g/mol. The van der Waals surface area contributed by atoms with Crippen molar-refractivity contribution in [2.45, 2.75) is 119 Å². The first-order valence-electron chi connectivity index (χ1n) is 26.1. The van der Waals surface area contributed by atoms with Crippen LogP contribution in [0.5, 0.6) is 0 Å². The lowest BCUT2D eigenvalue weighted by atomic mass is 9.77. The summed E-state index contributed by atoms with van der Waals surface area (Å²) in [6, 6.07) is 52.5. The minimum atomic E-state index is -0.0433. The minimum absolute atomic E-state index is 0.0433. The third kappa shape index (κ3) is 12.0. The molecule has 0 amide bonds. The van der Waals surface area contributed by atoms with Crippen LogP contribution in [0, 0.1) is 39.0 Å². The maximum Gasteiger partial charge on any atom is 0.0669 e. The fraction of sp³-hybridized carbons (Fsp3) is 0.271. The summed E-state index contributed by atoms with van der Waals surface area (Å²) in [5.41, 5.74) is 22.8. The number of hydrogen-bond acceptors (Lipinski definition) is 1. The highest BCUT2D eigenvalue weighted by molar-refractivity contribution is 6.06. The zero-order valence-electron chi connectivity index (χ0n) is 44.2. The average molecular weight is 930 g/mol. The number of rotatable bonds is 12. The number of nitrogens with zero attached hydrogens (tertiary/aromatic N) is 1. The third-order valence-electron chi connectivity index (χ3n) is 14.7. The number of terminal acetylenes is 1. The van der Waals surface area contributed by atoms with Gasteiger partial charge >= 0.3 is 0 Å². The van der Waals surface area contributed by atoms with Crippen LogP contribution in [-0.2, 0) is 11.8 Å². The van der Waals surface area contributed by atoms with Crippen molar-refractivity contribution in [3.05, 3.63) is 237 Å². The average Bonchev–Trinajstić information content (AvgIpc) is 3.63. The van der Waals surface area contributed by atoms with Crippen molar-refractivity contribution in [1.82, 2.24) is 0 Å². The van der Waals surface area contributed by atoms with Gasteiger partial charge in [0.05, 0.1) is 11.4 Å². The summed E-state index contributed by atoms with van der Waals surface area (Å²) in [7, 11) is 0. The lowest BCUT2D eigenvalue weighted by Gasteiger charge is -2.26.